The predicted molar refractivity (Wildman–Crippen MR) is 67.7 cm³/mol. The smallest absolute Gasteiger partial charge is 0.316 e. The molecule has 1 heterocycles. The molecule has 0 spiro atoms. The molecule has 0 radical (unpaired) electrons. The fourth-order valence-corrected chi connectivity index (χ4v) is 3.20. The third-order valence-corrected chi connectivity index (χ3v) is 4.45. The van der Waals surface area contributed by atoms with Crippen LogP contribution >= 0.6 is 0 Å². The molecule has 3 nitrogen and oxygen atoms in total. The van der Waals surface area contributed by atoms with Gasteiger partial charge in [0.25, 0.3) is 0 Å². The SMILES string of the molecule is COC(=O)C1(c2ccc3c(c2)CCO3)CC1(C)C. The number of carbonyl (C=O) groups excluding carboxylic acids is 1. The van der Waals surface area contributed by atoms with Gasteiger partial charge in [0.1, 0.15) is 5.75 Å². The summed E-state index contributed by atoms with van der Waals surface area (Å²) in [4.78, 5) is 12.2. The van der Waals surface area contributed by atoms with Crippen molar-refractivity contribution >= 4 is 5.97 Å². The Balaban J connectivity index is 2.05. The second-order valence-electron chi connectivity index (χ2n) is 5.88. The molecule has 1 aromatic rings. The lowest BCUT2D eigenvalue weighted by Gasteiger charge is -2.19. The van der Waals surface area contributed by atoms with E-state index >= 15 is 0 Å². The topological polar surface area (TPSA) is 35.5 Å². The van der Waals surface area contributed by atoms with Crippen LogP contribution in [0.2, 0.25) is 0 Å². The van der Waals surface area contributed by atoms with Gasteiger partial charge in [0.15, 0.2) is 0 Å². The molecule has 1 fully saturated rings. The van der Waals surface area contributed by atoms with Gasteiger partial charge in [-0.15, -0.1) is 0 Å². The number of ether oxygens (including phenoxy) is 2. The molecular formula is C15H18O3. The van der Waals surface area contributed by atoms with E-state index in [-0.39, 0.29) is 11.4 Å². The number of fused-ring (bicyclic) bond motifs is 1. The van der Waals surface area contributed by atoms with Crippen LogP contribution in [-0.2, 0) is 21.4 Å². The maximum atomic E-state index is 12.2. The van der Waals surface area contributed by atoms with Crippen molar-refractivity contribution in [2.24, 2.45) is 5.41 Å². The largest absolute Gasteiger partial charge is 0.493 e. The third-order valence-electron chi connectivity index (χ3n) is 4.45. The lowest BCUT2D eigenvalue weighted by Crippen LogP contribution is -2.27. The van der Waals surface area contributed by atoms with Gasteiger partial charge < -0.3 is 9.47 Å². The maximum Gasteiger partial charge on any atom is 0.316 e. The summed E-state index contributed by atoms with van der Waals surface area (Å²) in [6, 6.07) is 6.11. The van der Waals surface area contributed by atoms with E-state index in [9.17, 15) is 4.79 Å². The minimum Gasteiger partial charge on any atom is -0.493 e. The van der Waals surface area contributed by atoms with Gasteiger partial charge in [-0.3, -0.25) is 4.79 Å². The zero-order chi connectivity index (χ0) is 13.0. The molecule has 0 N–H and O–H groups in total. The summed E-state index contributed by atoms with van der Waals surface area (Å²) in [7, 11) is 1.47. The Morgan fingerprint density at radius 3 is 2.72 bits per heavy atom. The van der Waals surface area contributed by atoms with E-state index in [4.69, 9.17) is 9.47 Å². The highest BCUT2D eigenvalue weighted by atomic mass is 16.5. The molecule has 1 atom stereocenters. The summed E-state index contributed by atoms with van der Waals surface area (Å²) in [5.74, 6) is 0.837. The highest BCUT2D eigenvalue weighted by Gasteiger charge is 2.68. The summed E-state index contributed by atoms with van der Waals surface area (Å²) in [5.41, 5.74) is 1.80. The molecule has 0 saturated heterocycles. The van der Waals surface area contributed by atoms with Crippen molar-refractivity contribution in [3.8, 4) is 5.75 Å². The number of rotatable bonds is 2. The highest BCUT2D eigenvalue weighted by molar-refractivity contribution is 5.88. The van der Waals surface area contributed by atoms with Crippen LogP contribution in [0.4, 0.5) is 0 Å². The average Bonchev–Trinajstić information content (AvgIpc) is 2.75. The molecule has 2 aliphatic rings. The standard InChI is InChI=1S/C15H18O3/c1-14(2)9-15(14,13(16)17-3)11-4-5-12-10(8-11)6-7-18-12/h4-5,8H,6-7,9H2,1-3H3. The van der Waals surface area contributed by atoms with Crippen LogP contribution in [-0.4, -0.2) is 19.7 Å². The summed E-state index contributed by atoms with van der Waals surface area (Å²) < 4.78 is 10.5. The number of carbonyl (C=O) groups is 1. The molecule has 3 heteroatoms. The second-order valence-corrected chi connectivity index (χ2v) is 5.88. The minimum atomic E-state index is -0.459. The zero-order valence-corrected chi connectivity index (χ0v) is 11.1. The lowest BCUT2D eigenvalue weighted by molar-refractivity contribution is -0.144. The molecule has 0 aromatic heterocycles. The molecule has 3 rings (SSSR count). The van der Waals surface area contributed by atoms with Crippen molar-refractivity contribution in [3.05, 3.63) is 29.3 Å². The molecule has 1 aliphatic carbocycles. The molecule has 1 aromatic carbocycles. The molecule has 1 saturated carbocycles. The van der Waals surface area contributed by atoms with Crippen LogP contribution in [0.1, 0.15) is 31.4 Å². The van der Waals surface area contributed by atoms with Crippen LogP contribution in [0, 0.1) is 5.41 Å². The quantitative estimate of drug-likeness (QED) is 0.752. The van der Waals surface area contributed by atoms with E-state index in [0.717, 1.165) is 30.8 Å². The maximum absolute atomic E-state index is 12.2. The van der Waals surface area contributed by atoms with Gasteiger partial charge in [0.2, 0.25) is 0 Å². The number of hydrogen-bond donors (Lipinski definition) is 0. The van der Waals surface area contributed by atoms with E-state index in [1.54, 1.807) is 0 Å². The Hall–Kier alpha value is -1.51. The van der Waals surface area contributed by atoms with Crippen LogP contribution in [0.15, 0.2) is 18.2 Å². The summed E-state index contributed by atoms with van der Waals surface area (Å²) in [6.45, 7) is 4.98. The van der Waals surface area contributed by atoms with Crippen LogP contribution in [0.3, 0.4) is 0 Å². The minimum absolute atomic E-state index is 0.0200. The first-order valence-corrected chi connectivity index (χ1v) is 6.36. The molecular weight excluding hydrogens is 228 g/mol. The van der Waals surface area contributed by atoms with E-state index < -0.39 is 5.41 Å². The molecule has 1 aliphatic heterocycles. The molecule has 0 bridgehead atoms. The summed E-state index contributed by atoms with van der Waals surface area (Å²) in [6.07, 6.45) is 1.78. The van der Waals surface area contributed by atoms with Crippen molar-refractivity contribution in [2.75, 3.05) is 13.7 Å². The first-order chi connectivity index (χ1) is 8.51. The van der Waals surface area contributed by atoms with E-state index in [1.807, 2.05) is 12.1 Å². The van der Waals surface area contributed by atoms with Crippen molar-refractivity contribution in [2.45, 2.75) is 32.1 Å². The first kappa shape index (κ1) is 11.6. The van der Waals surface area contributed by atoms with Crippen molar-refractivity contribution in [3.63, 3.8) is 0 Å². The van der Waals surface area contributed by atoms with Crippen molar-refractivity contribution < 1.29 is 14.3 Å². The Morgan fingerprint density at radius 2 is 2.11 bits per heavy atom. The third kappa shape index (κ3) is 1.33. The monoisotopic (exact) mass is 246 g/mol. The van der Waals surface area contributed by atoms with Crippen molar-refractivity contribution in [1.29, 1.82) is 0 Å². The van der Waals surface area contributed by atoms with Crippen LogP contribution < -0.4 is 4.74 Å². The Labute approximate surface area is 107 Å². The normalized spacial score (nSPS) is 27.3. The van der Waals surface area contributed by atoms with Gasteiger partial charge in [-0.2, -0.15) is 0 Å². The van der Waals surface area contributed by atoms with Crippen molar-refractivity contribution in [1.82, 2.24) is 0 Å². The second kappa shape index (κ2) is 3.50. The fraction of sp³-hybridized carbons (Fsp3) is 0.533. The molecule has 1 unspecified atom stereocenters. The summed E-state index contributed by atoms with van der Waals surface area (Å²) >= 11 is 0. The zero-order valence-electron chi connectivity index (χ0n) is 11.1. The lowest BCUT2D eigenvalue weighted by atomic mass is 9.87. The van der Waals surface area contributed by atoms with Gasteiger partial charge in [0, 0.05) is 6.42 Å². The van der Waals surface area contributed by atoms with E-state index in [2.05, 4.69) is 19.9 Å². The molecule has 0 amide bonds. The Morgan fingerprint density at radius 1 is 1.39 bits per heavy atom. The van der Waals surface area contributed by atoms with E-state index in [1.165, 1.54) is 12.7 Å². The highest BCUT2D eigenvalue weighted by Crippen LogP contribution is 2.65. The van der Waals surface area contributed by atoms with Gasteiger partial charge in [-0.1, -0.05) is 26.0 Å². The molecule has 96 valence electrons. The predicted octanol–water partition coefficient (Wildman–Crippen LogP) is 2.46. The first-order valence-electron chi connectivity index (χ1n) is 6.36. The number of benzene rings is 1. The van der Waals surface area contributed by atoms with Crippen LogP contribution in [0.5, 0.6) is 5.75 Å². The van der Waals surface area contributed by atoms with Gasteiger partial charge >= 0.3 is 5.97 Å². The molecule has 18 heavy (non-hydrogen) atoms. The average molecular weight is 246 g/mol. The summed E-state index contributed by atoms with van der Waals surface area (Å²) in [5, 5.41) is 0. The number of esters is 1. The van der Waals surface area contributed by atoms with Gasteiger partial charge in [-0.05, 0) is 29.0 Å². The number of methoxy groups -OCH3 is 1. The van der Waals surface area contributed by atoms with Gasteiger partial charge in [-0.25, -0.2) is 0 Å². The van der Waals surface area contributed by atoms with Crippen LogP contribution in [0.25, 0.3) is 0 Å². The van der Waals surface area contributed by atoms with Gasteiger partial charge in [0.05, 0.1) is 19.1 Å². The fourth-order valence-electron chi connectivity index (χ4n) is 3.20. The Bertz CT molecular complexity index is 518. The number of hydrogen-bond acceptors (Lipinski definition) is 3. The Kier molecular flexibility index (Phi) is 2.25. The van der Waals surface area contributed by atoms with E-state index in [0.29, 0.717) is 0 Å².